The fourth-order valence-electron chi connectivity index (χ4n) is 9.06. The van der Waals surface area contributed by atoms with Crippen LogP contribution < -0.4 is 0 Å². The van der Waals surface area contributed by atoms with Crippen LogP contribution in [0.3, 0.4) is 0 Å². The Balaban J connectivity index is 1.54. The third kappa shape index (κ3) is 2.82. The first-order valence-electron chi connectivity index (χ1n) is 12.0. The van der Waals surface area contributed by atoms with E-state index in [-0.39, 0.29) is 0 Å². The van der Waals surface area contributed by atoms with Crippen molar-refractivity contribution in [2.45, 2.75) is 104 Å². The molecular formula is C25H44O. The maximum atomic E-state index is 5.77. The molecule has 0 amide bonds. The van der Waals surface area contributed by atoms with Crippen molar-refractivity contribution in [1.29, 1.82) is 0 Å². The minimum absolute atomic E-state index is 0.546. The molecule has 0 N–H and O–H groups in total. The average Bonchev–Trinajstić information content (AvgIpc) is 2.98. The van der Waals surface area contributed by atoms with E-state index in [0.717, 1.165) is 35.5 Å². The Kier molecular flexibility index (Phi) is 5.26. The molecule has 0 saturated heterocycles. The van der Waals surface area contributed by atoms with E-state index in [1.54, 1.807) is 0 Å². The second kappa shape index (κ2) is 7.09. The molecule has 4 saturated carbocycles. The molecule has 0 aromatic heterocycles. The van der Waals surface area contributed by atoms with Gasteiger partial charge in [-0.05, 0) is 104 Å². The molecule has 2 unspecified atom stereocenters. The highest BCUT2D eigenvalue weighted by molar-refractivity contribution is 5.09. The molecule has 0 spiro atoms. The summed E-state index contributed by atoms with van der Waals surface area (Å²) in [6.07, 6.45) is 16.6. The first-order chi connectivity index (χ1) is 12.4. The van der Waals surface area contributed by atoms with Crippen LogP contribution in [-0.4, -0.2) is 13.2 Å². The minimum atomic E-state index is 0.546. The van der Waals surface area contributed by atoms with Gasteiger partial charge in [-0.15, -0.1) is 0 Å². The van der Waals surface area contributed by atoms with Crippen LogP contribution in [0.15, 0.2) is 0 Å². The van der Waals surface area contributed by atoms with Gasteiger partial charge in [-0.3, -0.25) is 0 Å². The first-order valence-corrected chi connectivity index (χ1v) is 12.0. The summed E-state index contributed by atoms with van der Waals surface area (Å²) < 4.78 is 5.77. The standard InChI is InChI=1S/C25H44O/c1-6-7-17(2)21-10-11-22-20-9-8-18-16-19(26-5)12-14-24(18,3)23(20)13-15-25(21,22)4/h17-23H,6-16H2,1-5H3/t17-,18?,19?,20+,21-,22+,23+,24+,25-/m1/s1. The molecule has 26 heavy (non-hydrogen) atoms. The molecule has 4 rings (SSSR count). The predicted octanol–water partition coefficient (Wildman–Crippen LogP) is 7.10. The summed E-state index contributed by atoms with van der Waals surface area (Å²) in [6.45, 7) is 10.3. The smallest absolute Gasteiger partial charge is 0.0574 e. The lowest BCUT2D eigenvalue weighted by atomic mass is 9.44. The molecule has 0 aromatic carbocycles. The second-order valence-electron chi connectivity index (χ2n) is 11.3. The van der Waals surface area contributed by atoms with Gasteiger partial charge < -0.3 is 4.74 Å². The minimum Gasteiger partial charge on any atom is -0.381 e. The summed E-state index contributed by atoms with van der Waals surface area (Å²) in [5.41, 5.74) is 1.27. The van der Waals surface area contributed by atoms with Crippen LogP contribution in [0.25, 0.3) is 0 Å². The molecule has 4 fully saturated rings. The van der Waals surface area contributed by atoms with Crippen LogP contribution in [0.5, 0.6) is 0 Å². The Labute approximate surface area is 163 Å². The molecule has 1 nitrogen and oxygen atoms in total. The van der Waals surface area contributed by atoms with Crippen molar-refractivity contribution in [3.63, 3.8) is 0 Å². The van der Waals surface area contributed by atoms with Crippen molar-refractivity contribution in [2.24, 2.45) is 46.3 Å². The summed E-state index contributed by atoms with van der Waals surface area (Å²) in [4.78, 5) is 0. The normalized spacial score (nSPS) is 52.0. The summed E-state index contributed by atoms with van der Waals surface area (Å²) in [7, 11) is 1.93. The molecule has 150 valence electrons. The molecule has 0 radical (unpaired) electrons. The Morgan fingerprint density at radius 2 is 1.65 bits per heavy atom. The second-order valence-corrected chi connectivity index (χ2v) is 11.3. The predicted molar refractivity (Wildman–Crippen MR) is 110 cm³/mol. The molecule has 4 aliphatic rings. The van der Waals surface area contributed by atoms with E-state index < -0.39 is 0 Å². The SMILES string of the molecule is CCC[C@@H](C)[C@H]1CC[C@H]2[C@@H]3CCC4CC(OC)CC[C@]4(C)[C@H]3CC[C@]12C. The molecule has 0 heterocycles. The zero-order valence-corrected chi connectivity index (χ0v) is 18.2. The zero-order chi connectivity index (χ0) is 18.5. The lowest BCUT2D eigenvalue weighted by Crippen LogP contribution is -2.54. The fraction of sp³-hybridized carbons (Fsp3) is 1.00. The van der Waals surface area contributed by atoms with Gasteiger partial charge in [0, 0.05) is 7.11 Å². The molecule has 9 atom stereocenters. The van der Waals surface area contributed by atoms with Gasteiger partial charge in [0.2, 0.25) is 0 Å². The highest BCUT2D eigenvalue weighted by Crippen LogP contribution is 2.68. The number of fused-ring (bicyclic) bond motifs is 5. The van der Waals surface area contributed by atoms with Crippen molar-refractivity contribution >= 4 is 0 Å². The van der Waals surface area contributed by atoms with Gasteiger partial charge in [-0.1, -0.05) is 40.5 Å². The van der Waals surface area contributed by atoms with Crippen molar-refractivity contribution < 1.29 is 4.74 Å². The summed E-state index contributed by atoms with van der Waals surface area (Å²) in [6, 6.07) is 0. The fourth-order valence-corrected chi connectivity index (χ4v) is 9.06. The van der Waals surface area contributed by atoms with Crippen LogP contribution in [0.1, 0.15) is 98.3 Å². The Morgan fingerprint density at radius 1 is 0.923 bits per heavy atom. The van der Waals surface area contributed by atoms with E-state index in [1.165, 1.54) is 70.6 Å². The summed E-state index contributed by atoms with van der Waals surface area (Å²) in [5, 5.41) is 0. The quantitative estimate of drug-likeness (QED) is 0.519. The van der Waals surface area contributed by atoms with Crippen molar-refractivity contribution in [3.05, 3.63) is 0 Å². The average molecular weight is 361 g/mol. The number of hydrogen-bond acceptors (Lipinski definition) is 1. The van der Waals surface area contributed by atoms with E-state index in [1.807, 2.05) is 7.11 Å². The Bertz CT molecular complexity index is 500. The Morgan fingerprint density at radius 3 is 2.38 bits per heavy atom. The topological polar surface area (TPSA) is 9.23 Å². The highest BCUT2D eigenvalue weighted by Gasteiger charge is 2.60. The van der Waals surface area contributed by atoms with Gasteiger partial charge in [0.15, 0.2) is 0 Å². The van der Waals surface area contributed by atoms with E-state index in [4.69, 9.17) is 4.74 Å². The van der Waals surface area contributed by atoms with Gasteiger partial charge in [0.05, 0.1) is 6.10 Å². The van der Waals surface area contributed by atoms with Gasteiger partial charge in [0.25, 0.3) is 0 Å². The molecule has 4 aliphatic carbocycles. The molecule has 0 aliphatic heterocycles. The van der Waals surface area contributed by atoms with Crippen molar-refractivity contribution in [3.8, 4) is 0 Å². The van der Waals surface area contributed by atoms with Crippen molar-refractivity contribution in [1.82, 2.24) is 0 Å². The lowest BCUT2D eigenvalue weighted by Gasteiger charge is -2.61. The molecule has 0 aromatic rings. The van der Waals surface area contributed by atoms with E-state index in [0.29, 0.717) is 16.9 Å². The largest absolute Gasteiger partial charge is 0.381 e. The zero-order valence-electron chi connectivity index (χ0n) is 18.2. The third-order valence-electron chi connectivity index (χ3n) is 10.5. The van der Waals surface area contributed by atoms with Gasteiger partial charge >= 0.3 is 0 Å². The van der Waals surface area contributed by atoms with Gasteiger partial charge in [0.1, 0.15) is 0 Å². The maximum absolute atomic E-state index is 5.77. The summed E-state index contributed by atoms with van der Waals surface area (Å²) in [5.74, 6) is 5.95. The van der Waals surface area contributed by atoms with Gasteiger partial charge in [-0.25, -0.2) is 0 Å². The lowest BCUT2D eigenvalue weighted by molar-refractivity contribution is -0.133. The third-order valence-corrected chi connectivity index (χ3v) is 10.5. The van der Waals surface area contributed by atoms with E-state index in [2.05, 4.69) is 27.7 Å². The van der Waals surface area contributed by atoms with Crippen LogP contribution in [0.4, 0.5) is 0 Å². The number of ether oxygens (including phenoxy) is 1. The van der Waals surface area contributed by atoms with Crippen molar-refractivity contribution in [2.75, 3.05) is 7.11 Å². The number of rotatable bonds is 4. The van der Waals surface area contributed by atoms with Crippen LogP contribution in [-0.2, 0) is 4.74 Å². The summed E-state index contributed by atoms with van der Waals surface area (Å²) >= 11 is 0. The van der Waals surface area contributed by atoms with Crippen LogP contribution >= 0.6 is 0 Å². The highest BCUT2D eigenvalue weighted by atomic mass is 16.5. The molecule has 1 heteroatoms. The molecular weight excluding hydrogens is 316 g/mol. The maximum Gasteiger partial charge on any atom is 0.0574 e. The first kappa shape index (κ1) is 19.3. The van der Waals surface area contributed by atoms with Crippen LogP contribution in [0, 0.1) is 46.3 Å². The monoisotopic (exact) mass is 360 g/mol. The Hall–Kier alpha value is -0.0400. The van der Waals surface area contributed by atoms with E-state index in [9.17, 15) is 0 Å². The van der Waals surface area contributed by atoms with Gasteiger partial charge in [-0.2, -0.15) is 0 Å². The number of methoxy groups -OCH3 is 1. The number of hydrogen-bond donors (Lipinski definition) is 0. The van der Waals surface area contributed by atoms with E-state index >= 15 is 0 Å². The molecule has 0 bridgehead atoms. The van der Waals surface area contributed by atoms with Crippen LogP contribution in [0.2, 0.25) is 0 Å².